The number of amides is 2. The number of anilines is 1. The number of hydrogen-bond acceptors (Lipinski definition) is 2. The summed E-state index contributed by atoms with van der Waals surface area (Å²) in [7, 11) is 0. The molecular formula is C19H20ClFN2O2. The molecule has 0 saturated heterocycles. The molecule has 25 heavy (non-hydrogen) atoms. The Morgan fingerprint density at radius 2 is 1.84 bits per heavy atom. The van der Waals surface area contributed by atoms with Crippen LogP contribution in [0.25, 0.3) is 0 Å². The van der Waals surface area contributed by atoms with Crippen LogP contribution in [0.3, 0.4) is 0 Å². The van der Waals surface area contributed by atoms with Gasteiger partial charge in [0.2, 0.25) is 11.8 Å². The second-order valence-corrected chi connectivity index (χ2v) is 6.19. The first kappa shape index (κ1) is 18.9. The van der Waals surface area contributed by atoms with Crippen LogP contribution in [-0.2, 0) is 16.1 Å². The van der Waals surface area contributed by atoms with E-state index in [0.29, 0.717) is 11.6 Å². The van der Waals surface area contributed by atoms with E-state index in [2.05, 4.69) is 5.32 Å². The van der Waals surface area contributed by atoms with Crippen LogP contribution in [0.2, 0.25) is 5.02 Å². The van der Waals surface area contributed by atoms with Crippen molar-refractivity contribution in [3.05, 3.63) is 64.4 Å². The van der Waals surface area contributed by atoms with E-state index in [1.165, 1.54) is 19.1 Å². The lowest BCUT2D eigenvalue weighted by Gasteiger charge is -2.23. The third kappa shape index (κ3) is 5.57. The summed E-state index contributed by atoms with van der Waals surface area (Å²) in [5, 5.41) is 3.37. The highest BCUT2D eigenvalue weighted by atomic mass is 35.5. The first-order valence-corrected chi connectivity index (χ1v) is 8.30. The fraction of sp³-hybridized carbons (Fsp3) is 0.263. The van der Waals surface area contributed by atoms with Gasteiger partial charge in [-0.1, -0.05) is 23.7 Å². The molecule has 0 aromatic heterocycles. The van der Waals surface area contributed by atoms with Crippen LogP contribution in [-0.4, -0.2) is 18.4 Å². The van der Waals surface area contributed by atoms with Crippen molar-refractivity contribution < 1.29 is 14.0 Å². The number of carbonyl (C=O) groups is 2. The van der Waals surface area contributed by atoms with Gasteiger partial charge in [-0.2, -0.15) is 0 Å². The first-order chi connectivity index (χ1) is 11.9. The van der Waals surface area contributed by atoms with E-state index < -0.39 is 0 Å². The number of hydrogen-bond donors (Lipinski definition) is 1. The Hall–Kier alpha value is -2.40. The normalized spacial score (nSPS) is 10.4. The van der Waals surface area contributed by atoms with Crippen molar-refractivity contribution in [1.82, 2.24) is 5.32 Å². The quantitative estimate of drug-likeness (QED) is 0.848. The Morgan fingerprint density at radius 3 is 2.44 bits per heavy atom. The maximum absolute atomic E-state index is 12.9. The fourth-order valence-electron chi connectivity index (χ4n) is 2.47. The minimum Gasteiger partial charge on any atom is -0.352 e. The maximum Gasteiger partial charge on any atom is 0.223 e. The molecule has 4 nitrogen and oxygen atoms in total. The van der Waals surface area contributed by atoms with Gasteiger partial charge < -0.3 is 10.2 Å². The summed E-state index contributed by atoms with van der Waals surface area (Å²) in [5.74, 6) is -0.635. The van der Waals surface area contributed by atoms with Crippen LogP contribution in [0.1, 0.15) is 24.5 Å². The molecule has 132 valence electrons. The lowest BCUT2D eigenvalue weighted by atomic mass is 10.1. The molecule has 0 spiro atoms. The highest BCUT2D eigenvalue weighted by molar-refractivity contribution is 6.30. The first-order valence-electron chi connectivity index (χ1n) is 7.92. The van der Waals surface area contributed by atoms with Crippen LogP contribution in [0.15, 0.2) is 42.5 Å². The van der Waals surface area contributed by atoms with E-state index in [9.17, 15) is 14.0 Å². The molecule has 0 aliphatic rings. The predicted octanol–water partition coefficient (Wildman–Crippen LogP) is 3.85. The van der Waals surface area contributed by atoms with Gasteiger partial charge in [-0.05, 0) is 48.4 Å². The third-order valence-electron chi connectivity index (χ3n) is 3.80. The molecule has 1 N–H and O–H groups in total. The predicted molar refractivity (Wildman–Crippen MR) is 97.1 cm³/mol. The van der Waals surface area contributed by atoms with Crippen molar-refractivity contribution in [3.8, 4) is 0 Å². The Labute approximate surface area is 151 Å². The average molecular weight is 363 g/mol. The van der Waals surface area contributed by atoms with Crippen molar-refractivity contribution in [2.75, 3.05) is 11.4 Å². The zero-order chi connectivity index (χ0) is 18.4. The van der Waals surface area contributed by atoms with E-state index in [0.717, 1.165) is 16.8 Å². The second kappa shape index (κ2) is 8.62. The van der Waals surface area contributed by atoms with Crippen molar-refractivity contribution in [1.29, 1.82) is 0 Å². The van der Waals surface area contributed by atoms with Gasteiger partial charge in [0.25, 0.3) is 0 Å². The summed E-state index contributed by atoms with van der Waals surface area (Å²) in [6.45, 7) is 3.92. The molecule has 0 saturated carbocycles. The summed E-state index contributed by atoms with van der Waals surface area (Å²) >= 11 is 5.95. The van der Waals surface area contributed by atoms with E-state index in [4.69, 9.17) is 11.6 Å². The SMILES string of the molecule is CC(=O)N(CCC(=O)NCc1ccc(F)cc1)c1ccc(Cl)cc1C. The van der Waals surface area contributed by atoms with Gasteiger partial charge in [-0.3, -0.25) is 9.59 Å². The highest BCUT2D eigenvalue weighted by Gasteiger charge is 2.15. The largest absolute Gasteiger partial charge is 0.352 e. The minimum atomic E-state index is -0.314. The van der Waals surface area contributed by atoms with E-state index >= 15 is 0 Å². The molecule has 0 radical (unpaired) electrons. The molecule has 2 rings (SSSR count). The molecule has 0 fully saturated rings. The van der Waals surface area contributed by atoms with Gasteiger partial charge >= 0.3 is 0 Å². The van der Waals surface area contributed by atoms with Gasteiger partial charge in [-0.25, -0.2) is 4.39 Å². The average Bonchev–Trinajstić information content (AvgIpc) is 2.56. The fourth-order valence-corrected chi connectivity index (χ4v) is 2.70. The Bertz CT molecular complexity index is 763. The van der Waals surface area contributed by atoms with Gasteiger partial charge in [0.15, 0.2) is 0 Å². The molecule has 0 aliphatic heterocycles. The third-order valence-corrected chi connectivity index (χ3v) is 4.03. The zero-order valence-electron chi connectivity index (χ0n) is 14.2. The topological polar surface area (TPSA) is 49.4 Å². The molecule has 0 aliphatic carbocycles. The highest BCUT2D eigenvalue weighted by Crippen LogP contribution is 2.24. The summed E-state index contributed by atoms with van der Waals surface area (Å²) in [6.07, 6.45) is 0.169. The van der Waals surface area contributed by atoms with Crippen LogP contribution in [0, 0.1) is 12.7 Å². The van der Waals surface area contributed by atoms with Crippen LogP contribution < -0.4 is 10.2 Å². The van der Waals surface area contributed by atoms with E-state index in [1.807, 2.05) is 6.92 Å². The lowest BCUT2D eigenvalue weighted by molar-refractivity contribution is -0.121. The van der Waals surface area contributed by atoms with E-state index in [-0.39, 0.29) is 30.6 Å². The molecule has 2 amide bonds. The number of benzene rings is 2. The van der Waals surface area contributed by atoms with Crippen molar-refractivity contribution in [3.63, 3.8) is 0 Å². The maximum atomic E-state index is 12.9. The molecule has 6 heteroatoms. The second-order valence-electron chi connectivity index (χ2n) is 5.75. The lowest BCUT2D eigenvalue weighted by Crippen LogP contribution is -2.34. The standard InChI is InChI=1S/C19H20ClFN2O2/c1-13-11-16(20)5-8-18(13)23(14(2)24)10-9-19(25)22-12-15-3-6-17(21)7-4-15/h3-8,11H,9-10,12H2,1-2H3,(H,22,25). The number of aryl methyl sites for hydroxylation is 1. The smallest absolute Gasteiger partial charge is 0.223 e. The van der Waals surface area contributed by atoms with Crippen LogP contribution in [0.5, 0.6) is 0 Å². The Morgan fingerprint density at radius 1 is 1.16 bits per heavy atom. The molecule has 0 unspecified atom stereocenters. The molecule has 0 heterocycles. The van der Waals surface area contributed by atoms with Crippen LogP contribution in [0.4, 0.5) is 10.1 Å². The Balaban J connectivity index is 1.93. The van der Waals surface area contributed by atoms with Gasteiger partial charge in [0.1, 0.15) is 5.82 Å². The number of halogens is 2. The molecule has 0 bridgehead atoms. The summed E-state index contributed by atoms with van der Waals surface area (Å²) in [5.41, 5.74) is 2.42. The zero-order valence-corrected chi connectivity index (χ0v) is 14.9. The number of nitrogens with one attached hydrogen (secondary N) is 1. The molecule has 0 atom stereocenters. The number of rotatable bonds is 6. The van der Waals surface area contributed by atoms with Gasteiger partial charge in [0, 0.05) is 37.1 Å². The minimum absolute atomic E-state index is 0.142. The summed E-state index contributed by atoms with van der Waals surface area (Å²) < 4.78 is 12.9. The van der Waals surface area contributed by atoms with E-state index in [1.54, 1.807) is 35.2 Å². The number of carbonyl (C=O) groups excluding carboxylic acids is 2. The monoisotopic (exact) mass is 362 g/mol. The van der Waals surface area contributed by atoms with Crippen molar-refractivity contribution in [2.45, 2.75) is 26.8 Å². The van der Waals surface area contributed by atoms with Crippen molar-refractivity contribution in [2.24, 2.45) is 0 Å². The molecular weight excluding hydrogens is 343 g/mol. The number of nitrogens with zero attached hydrogens (tertiary/aromatic N) is 1. The van der Waals surface area contributed by atoms with Gasteiger partial charge in [0.05, 0.1) is 0 Å². The molecule has 2 aromatic carbocycles. The van der Waals surface area contributed by atoms with Gasteiger partial charge in [-0.15, -0.1) is 0 Å². The summed E-state index contributed by atoms with van der Waals surface area (Å²) in [6, 6.07) is 11.2. The van der Waals surface area contributed by atoms with Crippen LogP contribution >= 0.6 is 11.6 Å². The Kier molecular flexibility index (Phi) is 6.53. The molecule has 2 aromatic rings. The summed E-state index contributed by atoms with van der Waals surface area (Å²) in [4.78, 5) is 25.5. The van der Waals surface area contributed by atoms with Crippen molar-refractivity contribution >= 4 is 29.1 Å².